The number of halogens is 1. The van der Waals surface area contributed by atoms with Crippen molar-refractivity contribution in [3.05, 3.63) is 23.9 Å². The number of hydrogen-bond donors (Lipinski definition) is 0. The second-order valence-corrected chi connectivity index (χ2v) is 4.12. The largest absolute Gasteiger partial charge is 0.357 e. The molecular weight excluding hydrogens is 275 g/mol. The van der Waals surface area contributed by atoms with E-state index in [9.17, 15) is 0 Å². The Kier molecular flexibility index (Phi) is 3.03. The lowest BCUT2D eigenvalue weighted by Crippen LogP contribution is -2.18. The molecular formula is C10H13IN2. The summed E-state index contributed by atoms with van der Waals surface area (Å²) in [6.07, 6.45) is 4.62. The summed E-state index contributed by atoms with van der Waals surface area (Å²) < 4.78 is 1.05. The molecule has 0 amide bonds. The molecule has 1 fully saturated rings. The fourth-order valence-electron chi connectivity index (χ4n) is 1.63. The molecule has 2 rings (SSSR count). The zero-order chi connectivity index (χ0) is 9.10. The molecule has 2 nitrogen and oxygen atoms in total. The number of pyridine rings is 1. The Hall–Kier alpha value is -0.320. The van der Waals surface area contributed by atoms with Crippen LogP contribution in [0.1, 0.15) is 18.4 Å². The predicted octanol–water partition coefficient (Wildman–Crippen LogP) is 2.62. The summed E-state index contributed by atoms with van der Waals surface area (Å²) in [4.78, 5) is 6.81. The van der Waals surface area contributed by atoms with Crippen LogP contribution in [0.4, 0.5) is 5.82 Å². The number of hydrogen-bond acceptors (Lipinski definition) is 2. The molecule has 1 aliphatic rings. The van der Waals surface area contributed by atoms with Gasteiger partial charge < -0.3 is 4.90 Å². The lowest BCUT2D eigenvalue weighted by molar-refractivity contribution is 0.935. The van der Waals surface area contributed by atoms with E-state index in [1.165, 1.54) is 31.5 Å². The Bertz CT molecular complexity index is 265. The maximum atomic E-state index is 4.45. The van der Waals surface area contributed by atoms with Crippen LogP contribution in [0.15, 0.2) is 18.3 Å². The first-order valence-corrected chi connectivity index (χ1v) is 6.18. The molecule has 1 aromatic heterocycles. The van der Waals surface area contributed by atoms with Gasteiger partial charge in [0.1, 0.15) is 5.82 Å². The van der Waals surface area contributed by atoms with Crippen LogP contribution < -0.4 is 4.90 Å². The van der Waals surface area contributed by atoms with Crippen molar-refractivity contribution in [2.75, 3.05) is 18.0 Å². The lowest BCUT2D eigenvalue weighted by atomic mass is 10.3. The summed E-state index contributed by atoms with van der Waals surface area (Å²) in [6.45, 7) is 2.35. The predicted molar refractivity (Wildman–Crippen MR) is 63.4 cm³/mol. The van der Waals surface area contributed by atoms with E-state index in [-0.39, 0.29) is 0 Å². The van der Waals surface area contributed by atoms with Gasteiger partial charge in [-0.3, -0.25) is 0 Å². The summed E-state index contributed by atoms with van der Waals surface area (Å²) in [5, 5.41) is 0. The van der Waals surface area contributed by atoms with Crippen molar-refractivity contribution in [3.8, 4) is 0 Å². The molecule has 1 aliphatic heterocycles. The van der Waals surface area contributed by atoms with E-state index in [1.54, 1.807) is 0 Å². The Morgan fingerprint density at radius 1 is 1.31 bits per heavy atom. The third-order valence-electron chi connectivity index (χ3n) is 2.39. The van der Waals surface area contributed by atoms with E-state index in [1.807, 2.05) is 6.20 Å². The van der Waals surface area contributed by atoms with E-state index in [4.69, 9.17) is 0 Å². The topological polar surface area (TPSA) is 16.1 Å². The minimum Gasteiger partial charge on any atom is -0.357 e. The third kappa shape index (κ3) is 2.13. The lowest BCUT2D eigenvalue weighted by Gasteiger charge is -2.15. The van der Waals surface area contributed by atoms with E-state index in [2.05, 4.69) is 44.6 Å². The highest BCUT2D eigenvalue weighted by molar-refractivity contribution is 14.1. The Morgan fingerprint density at radius 3 is 2.62 bits per heavy atom. The van der Waals surface area contributed by atoms with E-state index >= 15 is 0 Å². The molecule has 0 aromatic carbocycles. The van der Waals surface area contributed by atoms with Gasteiger partial charge in [0.25, 0.3) is 0 Å². The van der Waals surface area contributed by atoms with Gasteiger partial charge in [-0.05, 0) is 24.5 Å². The van der Waals surface area contributed by atoms with Crippen molar-refractivity contribution in [1.82, 2.24) is 4.98 Å². The van der Waals surface area contributed by atoms with Gasteiger partial charge in [-0.2, -0.15) is 0 Å². The SMILES string of the molecule is ICc1ccc(N2CCCC2)nc1. The first kappa shape index (κ1) is 9.24. The van der Waals surface area contributed by atoms with Crippen LogP contribution >= 0.6 is 22.6 Å². The molecule has 1 aromatic rings. The zero-order valence-corrected chi connectivity index (χ0v) is 9.70. The van der Waals surface area contributed by atoms with Gasteiger partial charge in [-0.25, -0.2) is 4.98 Å². The van der Waals surface area contributed by atoms with Crippen LogP contribution in [-0.2, 0) is 4.43 Å². The highest BCUT2D eigenvalue weighted by Crippen LogP contribution is 2.18. The van der Waals surface area contributed by atoms with Gasteiger partial charge in [0, 0.05) is 23.7 Å². The van der Waals surface area contributed by atoms with E-state index < -0.39 is 0 Å². The van der Waals surface area contributed by atoms with Crippen LogP contribution in [0.25, 0.3) is 0 Å². The monoisotopic (exact) mass is 288 g/mol. The molecule has 0 atom stereocenters. The van der Waals surface area contributed by atoms with Gasteiger partial charge in [0.05, 0.1) is 0 Å². The molecule has 0 aliphatic carbocycles. The number of aromatic nitrogens is 1. The maximum Gasteiger partial charge on any atom is 0.128 e. The molecule has 13 heavy (non-hydrogen) atoms. The smallest absolute Gasteiger partial charge is 0.128 e. The highest BCUT2D eigenvalue weighted by Gasteiger charge is 2.12. The average Bonchev–Trinajstić information content (AvgIpc) is 2.71. The highest BCUT2D eigenvalue weighted by atomic mass is 127. The van der Waals surface area contributed by atoms with Gasteiger partial charge in [0.15, 0.2) is 0 Å². The number of nitrogens with zero attached hydrogens (tertiary/aromatic N) is 2. The molecule has 3 heteroatoms. The van der Waals surface area contributed by atoms with Crippen LogP contribution in [0.3, 0.4) is 0 Å². The van der Waals surface area contributed by atoms with Gasteiger partial charge in [-0.1, -0.05) is 28.7 Å². The summed E-state index contributed by atoms with van der Waals surface area (Å²) >= 11 is 2.36. The Morgan fingerprint density at radius 2 is 2.08 bits per heavy atom. The quantitative estimate of drug-likeness (QED) is 0.614. The van der Waals surface area contributed by atoms with Crippen molar-refractivity contribution in [1.29, 1.82) is 0 Å². The van der Waals surface area contributed by atoms with Gasteiger partial charge in [0.2, 0.25) is 0 Å². The second kappa shape index (κ2) is 4.26. The number of rotatable bonds is 2. The molecule has 1 saturated heterocycles. The van der Waals surface area contributed by atoms with Gasteiger partial charge in [-0.15, -0.1) is 0 Å². The molecule has 0 saturated carbocycles. The third-order valence-corrected chi connectivity index (χ3v) is 3.27. The first-order valence-electron chi connectivity index (χ1n) is 4.66. The molecule has 70 valence electrons. The van der Waals surface area contributed by atoms with E-state index in [0.29, 0.717) is 0 Å². The zero-order valence-electron chi connectivity index (χ0n) is 7.54. The number of alkyl halides is 1. The number of anilines is 1. The molecule has 0 N–H and O–H groups in total. The van der Waals surface area contributed by atoms with E-state index in [0.717, 1.165) is 10.2 Å². The van der Waals surface area contributed by atoms with Crippen LogP contribution in [0, 0.1) is 0 Å². The van der Waals surface area contributed by atoms with Gasteiger partial charge >= 0.3 is 0 Å². The summed E-state index contributed by atoms with van der Waals surface area (Å²) in [7, 11) is 0. The Labute approximate surface area is 92.5 Å². The van der Waals surface area contributed by atoms with Crippen molar-refractivity contribution in [3.63, 3.8) is 0 Å². The van der Waals surface area contributed by atoms with Crippen molar-refractivity contribution < 1.29 is 0 Å². The summed E-state index contributed by atoms with van der Waals surface area (Å²) in [6, 6.07) is 4.31. The summed E-state index contributed by atoms with van der Waals surface area (Å²) in [5.41, 5.74) is 1.31. The second-order valence-electron chi connectivity index (χ2n) is 3.35. The van der Waals surface area contributed by atoms with Crippen molar-refractivity contribution in [2.45, 2.75) is 17.3 Å². The van der Waals surface area contributed by atoms with Crippen LogP contribution in [0.5, 0.6) is 0 Å². The first-order chi connectivity index (χ1) is 6.40. The van der Waals surface area contributed by atoms with Crippen molar-refractivity contribution in [2.24, 2.45) is 0 Å². The molecule has 0 spiro atoms. The molecule has 0 bridgehead atoms. The van der Waals surface area contributed by atoms with Crippen molar-refractivity contribution >= 4 is 28.4 Å². The minimum absolute atomic E-state index is 1.05. The normalized spacial score (nSPS) is 16.5. The van der Waals surface area contributed by atoms with Crippen LogP contribution in [-0.4, -0.2) is 18.1 Å². The summed E-state index contributed by atoms with van der Waals surface area (Å²) in [5.74, 6) is 1.14. The molecule has 0 radical (unpaired) electrons. The maximum absolute atomic E-state index is 4.45. The Balaban J connectivity index is 2.12. The standard InChI is InChI=1S/C10H13IN2/c11-7-9-3-4-10(12-8-9)13-5-1-2-6-13/h3-4,8H,1-2,5-7H2. The molecule has 2 heterocycles. The van der Waals surface area contributed by atoms with Crippen LogP contribution in [0.2, 0.25) is 0 Å². The minimum atomic E-state index is 1.05. The fourth-order valence-corrected chi connectivity index (χ4v) is 2.08. The fraction of sp³-hybridized carbons (Fsp3) is 0.500. The average molecular weight is 288 g/mol. The molecule has 0 unspecified atom stereocenters.